The topological polar surface area (TPSA) is 48.1 Å². The molecule has 0 bridgehead atoms. The van der Waals surface area contributed by atoms with Gasteiger partial charge in [-0.1, -0.05) is 30.4 Å². The molecule has 2 aromatic rings. The molecule has 0 aliphatic rings. The Bertz CT molecular complexity index is 468. The second-order valence-electron chi connectivity index (χ2n) is 3.41. The van der Waals surface area contributed by atoms with Gasteiger partial charge >= 0.3 is 0 Å². The lowest BCUT2D eigenvalue weighted by molar-refractivity contribution is 0.476. The molecule has 1 heterocycles. The second-order valence-corrected chi connectivity index (χ2v) is 4.23. The monoisotopic (exact) mass is 234 g/mol. The number of hydrogen-bond acceptors (Lipinski definition) is 4. The van der Waals surface area contributed by atoms with Gasteiger partial charge in [-0.05, 0) is 24.1 Å². The highest BCUT2D eigenvalue weighted by molar-refractivity contribution is 7.11. The number of nitrogens with two attached hydrogens (primary N) is 1. The zero-order valence-corrected chi connectivity index (χ0v) is 9.96. The zero-order chi connectivity index (χ0) is 11.4. The van der Waals surface area contributed by atoms with Gasteiger partial charge in [-0.3, -0.25) is 0 Å². The van der Waals surface area contributed by atoms with Crippen LogP contribution in [0.15, 0.2) is 29.6 Å². The van der Waals surface area contributed by atoms with E-state index in [0.29, 0.717) is 11.7 Å². The van der Waals surface area contributed by atoms with E-state index in [1.165, 1.54) is 11.3 Å². The minimum absolute atomic E-state index is 0.523. The molecule has 4 heteroatoms. The van der Waals surface area contributed by atoms with Crippen LogP contribution in [0.25, 0.3) is 0 Å². The highest BCUT2D eigenvalue weighted by Crippen LogP contribution is 2.25. The Hall–Kier alpha value is -1.39. The van der Waals surface area contributed by atoms with Crippen molar-refractivity contribution < 1.29 is 4.74 Å². The Morgan fingerprint density at radius 2 is 2.31 bits per heavy atom. The third-order valence-corrected chi connectivity index (χ3v) is 3.00. The van der Waals surface area contributed by atoms with E-state index in [9.17, 15) is 0 Å². The number of benzene rings is 1. The minimum atomic E-state index is 0.523. The predicted molar refractivity (Wildman–Crippen MR) is 65.9 cm³/mol. The van der Waals surface area contributed by atoms with E-state index in [4.69, 9.17) is 10.5 Å². The molecule has 2 rings (SSSR count). The first-order valence-electron chi connectivity index (χ1n) is 5.23. The van der Waals surface area contributed by atoms with Crippen molar-refractivity contribution in [3.63, 3.8) is 0 Å². The molecule has 0 aliphatic carbocycles. The molecule has 0 fully saturated rings. The molecule has 2 N–H and O–H groups in total. The van der Waals surface area contributed by atoms with Crippen molar-refractivity contribution in [2.75, 3.05) is 0 Å². The SMILES string of the molecule is CCc1csc(Oc2cccc(CN)c2)n1. The van der Waals surface area contributed by atoms with Crippen LogP contribution in [0.3, 0.4) is 0 Å². The highest BCUT2D eigenvalue weighted by atomic mass is 32.1. The van der Waals surface area contributed by atoms with Crippen LogP contribution in [-0.2, 0) is 13.0 Å². The van der Waals surface area contributed by atoms with Gasteiger partial charge < -0.3 is 10.5 Å². The lowest BCUT2D eigenvalue weighted by Gasteiger charge is -2.03. The molecule has 0 saturated carbocycles. The number of ether oxygens (including phenoxy) is 1. The summed E-state index contributed by atoms with van der Waals surface area (Å²) in [6, 6.07) is 7.76. The number of hydrogen-bond donors (Lipinski definition) is 1. The molecule has 84 valence electrons. The van der Waals surface area contributed by atoms with Crippen molar-refractivity contribution in [3.05, 3.63) is 40.9 Å². The van der Waals surface area contributed by atoms with Crippen molar-refractivity contribution in [1.82, 2.24) is 4.98 Å². The maximum absolute atomic E-state index is 5.66. The fraction of sp³-hybridized carbons (Fsp3) is 0.250. The van der Waals surface area contributed by atoms with E-state index in [-0.39, 0.29) is 0 Å². The van der Waals surface area contributed by atoms with Gasteiger partial charge in [0.1, 0.15) is 5.75 Å². The van der Waals surface area contributed by atoms with Gasteiger partial charge in [-0.15, -0.1) is 0 Å². The first-order chi connectivity index (χ1) is 7.81. The van der Waals surface area contributed by atoms with Gasteiger partial charge in [-0.2, -0.15) is 0 Å². The Morgan fingerprint density at radius 1 is 1.44 bits per heavy atom. The van der Waals surface area contributed by atoms with Crippen molar-refractivity contribution >= 4 is 11.3 Å². The summed E-state index contributed by atoms with van der Waals surface area (Å²) >= 11 is 1.52. The minimum Gasteiger partial charge on any atom is -0.431 e. The summed E-state index contributed by atoms with van der Waals surface area (Å²) in [5.41, 5.74) is 7.69. The highest BCUT2D eigenvalue weighted by Gasteiger charge is 2.03. The van der Waals surface area contributed by atoms with Crippen LogP contribution in [0, 0.1) is 0 Å². The van der Waals surface area contributed by atoms with E-state index in [1.807, 2.05) is 29.6 Å². The van der Waals surface area contributed by atoms with Crippen LogP contribution in [0.1, 0.15) is 18.2 Å². The predicted octanol–water partition coefficient (Wildman–Crippen LogP) is 2.96. The third kappa shape index (κ3) is 2.59. The first-order valence-corrected chi connectivity index (χ1v) is 6.11. The van der Waals surface area contributed by atoms with Crippen molar-refractivity contribution in [2.24, 2.45) is 5.73 Å². The van der Waals surface area contributed by atoms with Gasteiger partial charge in [0.2, 0.25) is 0 Å². The van der Waals surface area contributed by atoms with Gasteiger partial charge in [0.15, 0.2) is 0 Å². The zero-order valence-electron chi connectivity index (χ0n) is 9.14. The molecule has 16 heavy (non-hydrogen) atoms. The lowest BCUT2D eigenvalue weighted by atomic mass is 10.2. The largest absolute Gasteiger partial charge is 0.431 e. The smallest absolute Gasteiger partial charge is 0.278 e. The fourth-order valence-electron chi connectivity index (χ4n) is 1.33. The molecule has 0 amide bonds. The normalized spacial score (nSPS) is 10.4. The summed E-state index contributed by atoms with van der Waals surface area (Å²) in [6.45, 7) is 2.60. The Balaban J connectivity index is 2.13. The van der Waals surface area contributed by atoms with Crippen molar-refractivity contribution in [2.45, 2.75) is 19.9 Å². The Kier molecular flexibility index (Phi) is 3.54. The van der Waals surface area contributed by atoms with Gasteiger partial charge in [0.05, 0.1) is 5.69 Å². The van der Waals surface area contributed by atoms with E-state index >= 15 is 0 Å². The van der Waals surface area contributed by atoms with E-state index < -0.39 is 0 Å². The molecule has 1 aromatic carbocycles. The molecule has 1 aromatic heterocycles. The summed E-state index contributed by atoms with van der Waals surface area (Å²) in [7, 11) is 0. The average molecular weight is 234 g/mol. The first kappa shape index (κ1) is 11.1. The van der Waals surface area contributed by atoms with Gasteiger partial charge in [-0.25, -0.2) is 4.98 Å². The fourth-order valence-corrected chi connectivity index (χ4v) is 2.10. The number of thiazole rings is 1. The molecule has 0 unspecified atom stereocenters. The van der Waals surface area contributed by atoms with E-state index in [1.54, 1.807) is 0 Å². The van der Waals surface area contributed by atoms with Gasteiger partial charge in [0.25, 0.3) is 5.19 Å². The number of rotatable bonds is 4. The third-order valence-electron chi connectivity index (χ3n) is 2.23. The average Bonchev–Trinajstić information content (AvgIpc) is 2.77. The number of nitrogens with zero attached hydrogens (tertiary/aromatic N) is 1. The Labute approximate surface area is 98.9 Å². The van der Waals surface area contributed by atoms with E-state index in [0.717, 1.165) is 23.4 Å². The summed E-state index contributed by atoms with van der Waals surface area (Å²) in [4.78, 5) is 4.34. The van der Waals surface area contributed by atoms with Crippen LogP contribution in [0.2, 0.25) is 0 Å². The van der Waals surface area contributed by atoms with Crippen molar-refractivity contribution in [1.29, 1.82) is 0 Å². The number of aromatic nitrogens is 1. The summed E-state index contributed by atoms with van der Waals surface area (Å²) in [5, 5.41) is 2.70. The molecular weight excluding hydrogens is 220 g/mol. The van der Waals surface area contributed by atoms with Crippen LogP contribution in [-0.4, -0.2) is 4.98 Å². The second kappa shape index (κ2) is 5.09. The van der Waals surface area contributed by atoms with Crippen molar-refractivity contribution in [3.8, 4) is 10.9 Å². The molecule has 0 radical (unpaired) electrons. The van der Waals surface area contributed by atoms with Crippen LogP contribution < -0.4 is 10.5 Å². The van der Waals surface area contributed by atoms with Crippen LogP contribution in [0.4, 0.5) is 0 Å². The quantitative estimate of drug-likeness (QED) is 0.884. The summed E-state index contributed by atoms with van der Waals surface area (Å²) in [5.74, 6) is 0.792. The summed E-state index contributed by atoms with van der Waals surface area (Å²) in [6.07, 6.45) is 0.933. The molecule has 3 nitrogen and oxygen atoms in total. The number of aryl methyl sites for hydroxylation is 1. The molecule has 0 saturated heterocycles. The Morgan fingerprint density at radius 3 is 3.00 bits per heavy atom. The van der Waals surface area contributed by atoms with Crippen LogP contribution in [0.5, 0.6) is 10.9 Å². The lowest BCUT2D eigenvalue weighted by Crippen LogP contribution is -1.96. The maximum atomic E-state index is 5.66. The maximum Gasteiger partial charge on any atom is 0.278 e. The molecule has 0 spiro atoms. The molecule has 0 aliphatic heterocycles. The van der Waals surface area contributed by atoms with Crippen LogP contribution >= 0.6 is 11.3 Å². The standard InChI is InChI=1S/C12H14N2OS/c1-2-10-8-16-12(14-10)15-11-5-3-4-9(6-11)7-13/h3-6,8H,2,7,13H2,1H3. The molecule has 0 atom stereocenters. The van der Waals surface area contributed by atoms with E-state index in [2.05, 4.69) is 11.9 Å². The summed E-state index contributed by atoms with van der Waals surface area (Å²) < 4.78 is 5.66. The van der Waals surface area contributed by atoms with Gasteiger partial charge in [0, 0.05) is 11.9 Å². The molecular formula is C12H14N2OS.